The van der Waals surface area contributed by atoms with E-state index in [1.807, 2.05) is 18.3 Å². The van der Waals surface area contributed by atoms with Crippen molar-refractivity contribution in [2.75, 3.05) is 13.3 Å². The van der Waals surface area contributed by atoms with Gasteiger partial charge in [0.25, 0.3) is 5.91 Å². The smallest absolute Gasteiger partial charge is 0.256 e. The molecule has 3 heterocycles. The van der Waals surface area contributed by atoms with Crippen LogP contribution in [0.5, 0.6) is 11.5 Å². The Balaban J connectivity index is 1.49. The largest absolute Gasteiger partial charge is 0.454 e. The van der Waals surface area contributed by atoms with Crippen LogP contribution in [0.15, 0.2) is 18.3 Å². The number of H-pyrrole nitrogens is 1. The molecule has 2 atom stereocenters. The molecule has 1 amide bonds. The third-order valence-electron chi connectivity index (χ3n) is 6.01. The van der Waals surface area contributed by atoms with E-state index >= 15 is 0 Å². The molecule has 24 heavy (non-hydrogen) atoms. The normalized spacial score (nSPS) is 29.6. The van der Waals surface area contributed by atoms with E-state index in [0.29, 0.717) is 17.2 Å². The number of hydrogen-bond acceptors (Lipinski definition) is 3. The third kappa shape index (κ3) is 1.78. The zero-order chi connectivity index (χ0) is 16.7. The third-order valence-corrected chi connectivity index (χ3v) is 6.01. The molecular weight excluding hydrogens is 304 g/mol. The molecular formula is C19H22N2O3. The highest BCUT2D eigenvalue weighted by Crippen LogP contribution is 2.57. The number of amides is 1. The van der Waals surface area contributed by atoms with Crippen LogP contribution in [0.4, 0.5) is 0 Å². The highest BCUT2D eigenvalue weighted by molar-refractivity contribution is 6.08. The summed E-state index contributed by atoms with van der Waals surface area (Å²) in [6.45, 7) is 8.05. The van der Waals surface area contributed by atoms with E-state index in [2.05, 4.69) is 30.7 Å². The van der Waals surface area contributed by atoms with Crippen LogP contribution in [0.1, 0.15) is 44.0 Å². The number of aromatic amines is 1. The lowest BCUT2D eigenvalue weighted by Crippen LogP contribution is -2.62. The Hall–Kier alpha value is -2.17. The minimum absolute atomic E-state index is 0.125. The maximum absolute atomic E-state index is 13.1. The van der Waals surface area contributed by atoms with E-state index < -0.39 is 0 Å². The molecule has 1 aromatic carbocycles. The van der Waals surface area contributed by atoms with Gasteiger partial charge in [0.15, 0.2) is 11.5 Å². The van der Waals surface area contributed by atoms with Crippen LogP contribution in [-0.2, 0) is 0 Å². The molecule has 2 aromatic rings. The molecule has 2 aliphatic heterocycles. The standard InChI is InChI=1S/C19H22N2O3/c1-18(2)6-16-19(3,8-18)9-21(16)17(22)12-7-20-13-5-15-14(4-11(12)13)23-10-24-15/h4-5,7,16,20H,6,8-10H2,1-3H3. The van der Waals surface area contributed by atoms with Crippen molar-refractivity contribution in [3.05, 3.63) is 23.9 Å². The topological polar surface area (TPSA) is 54.6 Å². The van der Waals surface area contributed by atoms with Gasteiger partial charge in [0.2, 0.25) is 6.79 Å². The van der Waals surface area contributed by atoms with Crippen molar-refractivity contribution < 1.29 is 14.3 Å². The van der Waals surface area contributed by atoms with Crippen LogP contribution in [0.25, 0.3) is 10.9 Å². The number of carbonyl (C=O) groups is 1. The van der Waals surface area contributed by atoms with Crippen molar-refractivity contribution in [1.82, 2.24) is 9.88 Å². The second-order valence-corrected chi connectivity index (χ2v) is 8.60. The van der Waals surface area contributed by atoms with Crippen LogP contribution in [0.3, 0.4) is 0 Å². The van der Waals surface area contributed by atoms with E-state index in [-0.39, 0.29) is 18.1 Å². The minimum atomic E-state index is 0.125. The zero-order valence-corrected chi connectivity index (χ0v) is 14.3. The molecule has 3 aliphatic rings. The number of benzene rings is 1. The average Bonchev–Trinajstić information content (AvgIpc) is 3.16. The number of nitrogens with one attached hydrogen (secondary N) is 1. The molecule has 126 valence electrons. The monoisotopic (exact) mass is 326 g/mol. The second-order valence-electron chi connectivity index (χ2n) is 8.60. The number of ether oxygens (including phenoxy) is 2. The number of aromatic nitrogens is 1. The van der Waals surface area contributed by atoms with Crippen LogP contribution < -0.4 is 9.47 Å². The zero-order valence-electron chi connectivity index (χ0n) is 14.3. The van der Waals surface area contributed by atoms with Crippen LogP contribution in [0.2, 0.25) is 0 Å². The summed E-state index contributed by atoms with van der Waals surface area (Å²) in [6, 6.07) is 4.19. The van der Waals surface area contributed by atoms with Crippen LogP contribution in [-0.4, -0.2) is 35.2 Å². The molecule has 2 unspecified atom stereocenters. The average molecular weight is 326 g/mol. The van der Waals surface area contributed by atoms with Gasteiger partial charge in [-0.1, -0.05) is 20.8 Å². The number of carbonyl (C=O) groups excluding carboxylic acids is 1. The van der Waals surface area contributed by atoms with Gasteiger partial charge in [0.1, 0.15) is 0 Å². The molecule has 1 aliphatic carbocycles. The molecule has 0 spiro atoms. The maximum atomic E-state index is 13.1. The Morgan fingerprint density at radius 1 is 1.25 bits per heavy atom. The van der Waals surface area contributed by atoms with Crippen LogP contribution >= 0.6 is 0 Å². The molecule has 0 bridgehead atoms. The summed E-state index contributed by atoms with van der Waals surface area (Å²) in [5, 5.41) is 0.912. The number of likely N-dealkylation sites (tertiary alicyclic amines) is 1. The summed E-state index contributed by atoms with van der Waals surface area (Å²) in [4.78, 5) is 18.4. The first-order chi connectivity index (χ1) is 11.4. The summed E-state index contributed by atoms with van der Waals surface area (Å²) in [5.41, 5.74) is 2.25. The molecule has 0 radical (unpaired) electrons. The second kappa shape index (κ2) is 4.26. The van der Waals surface area contributed by atoms with Crippen molar-refractivity contribution in [3.63, 3.8) is 0 Å². The van der Waals surface area contributed by atoms with Gasteiger partial charge in [-0.25, -0.2) is 0 Å². The van der Waals surface area contributed by atoms with Crippen molar-refractivity contribution >= 4 is 16.8 Å². The lowest BCUT2D eigenvalue weighted by atomic mass is 9.74. The molecule has 1 saturated carbocycles. The molecule has 5 heteroatoms. The lowest BCUT2D eigenvalue weighted by Gasteiger charge is -2.52. The maximum Gasteiger partial charge on any atom is 0.256 e. The number of nitrogens with zero attached hydrogens (tertiary/aromatic N) is 1. The van der Waals surface area contributed by atoms with Crippen molar-refractivity contribution in [3.8, 4) is 11.5 Å². The molecule has 2 fully saturated rings. The van der Waals surface area contributed by atoms with E-state index in [9.17, 15) is 4.79 Å². The number of rotatable bonds is 1. The summed E-state index contributed by atoms with van der Waals surface area (Å²) in [5.74, 6) is 1.57. The molecule has 1 N–H and O–H groups in total. The first-order valence-electron chi connectivity index (χ1n) is 8.58. The summed E-state index contributed by atoms with van der Waals surface area (Å²) in [7, 11) is 0. The predicted molar refractivity (Wildman–Crippen MR) is 90.4 cm³/mol. The van der Waals surface area contributed by atoms with Crippen LogP contribution in [0, 0.1) is 10.8 Å². The predicted octanol–water partition coefficient (Wildman–Crippen LogP) is 3.55. The van der Waals surface area contributed by atoms with E-state index in [1.54, 1.807) is 0 Å². The lowest BCUT2D eigenvalue weighted by molar-refractivity contribution is -0.0214. The molecule has 1 saturated heterocycles. The molecule has 5 rings (SSSR count). The Labute approximate surface area is 140 Å². The SMILES string of the molecule is CC1(C)CC2N(C(=O)c3c[nH]c4cc5c(cc34)OCO5)CC2(C)C1. The Morgan fingerprint density at radius 2 is 2.00 bits per heavy atom. The Kier molecular flexibility index (Phi) is 2.52. The van der Waals surface area contributed by atoms with Gasteiger partial charge in [-0.05, 0) is 24.3 Å². The van der Waals surface area contributed by atoms with Gasteiger partial charge in [-0.3, -0.25) is 4.79 Å². The first-order valence-corrected chi connectivity index (χ1v) is 8.58. The van der Waals surface area contributed by atoms with Gasteiger partial charge in [0.05, 0.1) is 11.1 Å². The van der Waals surface area contributed by atoms with E-state index in [0.717, 1.165) is 35.2 Å². The highest BCUT2D eigenvalue weighted by Gasteiger charge is 2.59. The van der Waals surface area contributed by atoms with Crippen molar-refractivity contribution in [2.45, 2.75) is 39.7 Å². The summed E-state index contributed by atoms with van der Waals surface area (Å²) >= 11 is 0. The van der Waals surface area contributed by atoms with E-state index in [4.69, 9.17) is 9.47 Å². The fourth-order valence-electron chi connectivity index (χ4n) is 5.14. The van der Waals surface area contributed by atoms with Gasteiger partial charge in [-0.2, -0.15) is 0 Å². The van der Waals surface area contributed by atoms with Gasteiger partial charge in [0, 0.05) is 35.7 Å². The van der Waals surface area contributed by atoms with Gasteiger partial charge in [-0.15, -0.1) is 0 Å². The van der Waals surface area contributed by atoms with Crippen molar-refractivity contribution in [1.29, 1.82) is 0 Å². The minimum Gasteiger partial charge on any atom is -0.454 e. The van der Waals surface area contributed by atoms with Gasteiger partial charge >= 0.3 is 0 Å². The van der Waals surface area contributed by atoms with Gasteiger partial charge < -0.3 is 19.4 Å². The van der Waals surface area contributed by atoms with E-state index in [1.165, 1.54) is 6.42 Å². The Morgan fingerprint density at radius 3 is 2.75 bits per heavy atom. The first kappa shape index (κ1) is 14.2. The summed E-state index contributed by atoms with van der Waals surface area (Å²) in [6.07, 6.45) is 4.10. The number of fused-ring (bicyclic) bond motifs is 3. The highest BCUT2D eigenvalue weighted by atomic mass is 16.7. The molecule has 1 aromatic heterocycles. The molecule has 5 nitrogen and oxygen atoms in total. The quantitative estimate of drug-likeness (QED) is 0.872. The fourth-order valence-corrected chi connectivity index (χ4v) is 5.14. The number of hydrogen-bond donors (Lipinski definition) is 1. The fraction of sp³-hybridized carbons (Fsp3) is 0.526. The van der Waals surface area contributed by atoms with Crippen molar-refractivity contribution in [2.24, 2.45) is 10.8 Å². The summed E-state index contributed by atoms with van der Waals surface area (Å²) < 4.78 is 10.9. The Bertz CT molecular complexity index is 869.